The molecule has 2 aromatic carbocycles. The van der Waals surface area contributed by atoms with Crippen molar-refractivity contribution in [3.8, 4) is 28.6 Å². The third-order valence-corrected chi connectivity index (χ3v) is 4.84. The highest BCUT2D eigenvalue weighted by atomic mass is 19.2. The van der Waals surface area contributed by atoms with Crippen LogP contribution in [0.15, 0.2) is 53.3 Å². The van der Waals surface area contributed by atoms with E-state index in [2.05, 4.69) is 9.97 Å². The van der Waals surface area contributed by atoms with Gasteiger partial charge in [-0.2, -0.15) is 0 Å². The largest absolute Gasteiger partial charge is 0.491 e. The Bertz CT molecular complexity index is 1330. The lowest BCUT2D eigenvalue weighted by atomic mass is 10.1. The Labute approximate surface area is 170 Å². The molecule has 0 amide bonds. The van der Waals surface area contributed by atoms with Gasteiger partial charge in [-0.25, -0.2) is 13.8 Å². The minimum Gasteiger partial charge on any atom is -0.491 e. The predicted molar refractivity (Wildman–Crippen MR) is 110 cm³/mol. The molecule has 0 unspecified atom stereocenters. The molecule has 0 aliphatic carbocycles. The van der Waals surface area contributed by atoms with E-state index in [0.29, 0.717) is 22.5 Å². The number of aromatic nitrogens is 2. The van der Waals surface area contributed by atoms with Gasteiger partial charge in [0, 0.05) is 17.0 Å². The lowest BCUT2D eigenvalue weighted by Gasteiger charge is -2.15. The van der Waals surface area contributed by atoms with Gasteiger partial charge in [-0.3, -0.25) is 4.79 Å². The van der Waals surface area contributed by atoms with Crippen molar-refractivity contribution in [3.63, 3.8) is 0 Å². The second-order valence-electron chi connectivity index (χ2n) is 6.83. The Morgan fingerprint density at radius 1 is 1.03 bits per heavy atom. The van der Waals surface area contributed by atoms with Crippen molar-refractivity contribution < 1.29 is 18.3 Å². The van der Waals surface area contributed by atoms with Gasteiger partial charge in [0.25, 0.3) is 0 Å². The number of hydrogen-bond acceptors (Lipinski definition) is 4. The number of fused-ring (bicyclic) bond motifs is 1. The van der Waals surface area contributed by atoms with E-state index in [1.54, 1.807) is 6.92 Å². The first-order chi connectivity index (χ1) is 14.4. The van der Waals surface area contributed by atoms with E-state index >= 15 is 0 Å². The summed E-state index contributed by atoms with van der Waals surface area (Å²) in [5.41, 5.74) is 1.89. The molecule has 4 rings (SSSR count). The molecule has 152 valence electrons. The Hall–Kier alpha value is -3.74. The van der Waals surface area contributed by atoms with Crippen LogP contribution in [0.5, 0.6) is 17.4 Å². The van der Waals surface area contributed by atoms with Crippen LogP contribution in [0.1, 0.15) is 11.3 Å². The van der Waals surface area contributed by atoms with Crippen LogP contribution < -0.4 is 14.9 Å². The van der Waals surface area contributed by atoms with Gasteiger partial charge < -0.3 is 14.5 Å². The van der Waals surface area contributed by atoms with Crippen LogP contribution in [0, 0.1) is 25.5 Å². The lowest BCUT2D eigenvalue weighted by molar-refractivity contribution is 0.405. The first kappa shape index (κ1) is 19.6. The molecule has 4 aromatic rings. The average molecular weight is 408 g/mol. The molecule has 2 aromatic heterocycles. The summed E-state index contributed by atoms with van der Waals surface area (Å²) in [7, 11) is 1.43. The highest BCUT2D eigenvalue weighted by molar-refractivity contribution is 5.85. The molecular weight excluding hydrogens is 390 g/mol. The molecule has 0 aliphatic heterocycles. The van der Waals surface area contributed by atoms with Crippen LogP contribution >= 0.6 is 0 Å². The first-order valence-corrected chi connectivity index (χ1v) is 9.19. The van der Waals surface area contributed by atoms with Gasteiger partial charge in [-0.15, -0.1) is 0 Å². The summed E-state index contributed by atoms with van der Waals surface area (Å²) in [6.07, 6.45) is 0. The summed E-state index contributed by atoms with van der Waals surface area (Å²) in [4.78, 5) is 20.1. The number of para-hydroxylation sites is 1. The highest BCUT2D eigenvalue weighted by Crippen LogP contribution is 2.35. The maximum Gasteiger partial charge on any atom is 0.229 e. The van der Waals surface area contributed by atoms with Gasteiger partial charge >= 0.3 is 0 Å². The zero-order valence-corrected chi connectivity index (χ0v) is 16.5. The summed E-state index contributed by atoms with van der Waals surface area (Å²) >= 11 is 0. The quantitative estimate of drug-likeness (QED) is 0.499. The molecule has 0 aliphatic rings. The minimum absolute atomic E-state index is 0.0234. The molecule has 1 N–H and O–H groups in total. The first-order valence-electron chi connectivity index (χ1n) is 9.19. The molecular formula is C23H18F2N2O3. The number of H-pyrrole nitrogens is 1. The topological polar surface area (TPSA) is 64.2 Å². The molecule has 30 heavy (non-hydrogen) atoms. The fraction of sp³-hybridized carbons (Fsp3) is 0.130. The summed E-state index contributed by atoms with van der Waals surface area (Å²) in [5, 5.41) is 0.830. The zero-order valence-electron chi connectivity index (χ0n) is 16.5. The van der Waals surface area contributed by atoms with E-state index in [4.69, 9.17) is 9.47 Å². The van der Waals surface area contributed by atoms with Crippen molar-refractivity contribution in [2.24, 2.45) is 0 Å². The van der Waals surface area contributed by atoms with E-state index in [1.165, 1.54) is 26.2 Å². The molecule has 0 radical (unpaired) electrons. The van der Waals surface area contributed by atoms with E-state index in [-0.39, 0.29) is 28.4 Å². The zero-order chi connectivity index (χ0) is 21.4. The number of nitrogens with one attached hydrogen (secondary N) is 1. The minimum atomic E-state index is -0.983. The highest BCUT2D eigenvalue weighted by Gasteiger charge is 2.18. The Morgan fingerprint density at radius 3 is 2.53 bits per heavy atom. The van der Waals surface area contributed by atoms with Crippen LogP contribution in [0.3, 0.4) is 0 Å². The molecule has 5 nitrogen and oxygen atoms in total. The molecule has 7 heteroatoms. The standard InChI is InChI=1S/C23H18F2N2O3/c1-12-20(9-8-16(24)21(12)25)30-23-15(10-14-6-4-5-7-17(14)27-23)18-11-19(28)22(29-3)13(2)26-18/h4-11H,1-3H3,(H,26,28). The number of aryl methyl sites for hydroxylation is 1. The molecule has 0 bridgehead atoms. The number of pyridine rings is 2. The summed E-state index contributed by atoms with van der Waals surface area (Å²) in [6, 6.07) is 13.0. The second kappa shape index (κ2) is 7.59. The van der Waals surface area contributed by atoms with E-state index in [9.17, 15) is 13.6 Å². The number of rotatable bonds is 4. The van der Waals surface area contributed by atoms with E-state index in [0.717, 1.165) is 11.5 Å². The van der Waals surface area contributed by atoms with Crippen LogP contribution in [-0.2, 0) is 0 Å². The molecule has 0 fully saturated rings. The average Bonchev–Trinajstić information content (AvgIpc) is 2.73. The molecule has 0 atom stereocenters. The van der Waals surface area contributed by atoms with Gasteiger partial charge in [-0.05, 0) is 38.1 Å². The van der Waals surface area contributed by atoms with E-state index < -0.39 is 11.6 Å². The van der Waals surface area contributed by atoms with Crippen molar-refractivity contribution in [2.75, 3.05) is 7.11 Å². The number of halogens is 2. The third-order valence-electron chi connectivity index (χ3n) is 4.84. The van der Waals surface area contributed by atoms with E-state index in [1.807, 2.05) is 30.3 Å². The van der Waals surface area contributed by atoms with Gasteiger partial charge in [-0.1, -0.05) is 18.2 Å². The number of ether oxygens (including phenoxy) is 2. The van der Waals surface area contributed by atoms with Crippen LogP contribution in [0.2, 0.25) is 0 Å². The summed E-state index contributed by atoms with van der Waals surface area (Å²) in [6.45, 7) is 3.14. The van der Waals surface area contributed by atoms with Gasteiger partial charge in [0.15, 0.2) is 17.4 Å². The van der Waals surface area contributed by atoms with Crippen molar-refractivity contribution in [3.05, 3.63) is 81.6 Å². The fourth-order valence-corrected chi connectivity index (χ4v) is 3.29. The van der Waals surface area contributed by atoms with Crippen LogP contribution in [0.4, 0.5) is 8.78 Å². The molecule has 0 spiro atoms. The number of nitrogens with zero attached hydrogens (tertiary/aromatic N) is 1. The van der Waals surface area contributed by atoms with Crippen molar-refractivity contribution in [1.29, 1.82) is 0 Å². The second-order valence-corrected chi connectivity index (χ2v) is 6.83. The Morgan fingerprint density at radius 2 is 1.80 bits per heavy atom. The number of aromatic amines is 1. The van der Waals surface area contributed by atoms with Crippen molar-refractivity contribution >= 4 is 10.9 Å². The normalized spacial score (nSPS) is 11.0. The SMILES string of the molecule is COc1c(C)[nH]c(-c2cc3ccccc3nc2Oc2ccc(F)c(F)c2C)cc1=O. The van der Waals surface area contributed by atoms with Crippen molar-refractivity contribution in [1.82, 2.24) is 9.97 Å². The smallest absolute Gasteiger partial charge is 0.229 e. The van der Waals surface area contributed by atoms with Gasteiger partial charge in [0.1, 0.15) is 5.75 Å². The summed E-state index contributed by atoms with van der Waals surface area (Å²) in [5.74, 6) is -1.44. The van der Waals surface area contributed by atoms with Crippen LogP contribution in [-0.4, -0.2) is 17.1 Å². The van der Waals surface area contributed by atoms with Crippen molar-refractivity contribution in [2.45, 2.75) is 13.8 Å². The Kier molecular flexibility index (Phi) is 4.95. The lowest BCUT2D eigenvalue weighted by Crippen LogP contribution is -2.09. The molecule has 0 saturated heterocycles. The molecule has 0 saturated carbocycles. The van der Waals surface area contributed by atoms with Gasteiger partial charge in [0.05, 0.1) is 29.6 Å². The third kappa shape index (κ3) is 3.39. The fourth-order valence-electron chi connectivity index (χ4n) is 3.29. The maximum atomic E-state index is 14.0. The summed E-state index contributed by atoms with van der Waals surface area (Å²) < 4.78 is 38.6. The maximum absolute atomic E-state index is 14.0. The molecule has 2 heterocycles. The van der Waals surface area contributed by atoms with Crippen LogP contribution in [0.25, 0.3) is 22.2 Å². The predicted octanol–water partition coefficient (Wildman–Crippen LogP) is 5.29. The Balaban J connectivity index is 1.93. The monoisotopic (exact) mass is 408 g/mol. The number of hydrogen-bond donors (Lipinski definition) is 1. The number of methoxy groups -OCH3 is 1. The van der Waals surface area contributed by atoms with Gasteiger partial charge in [0.2, 0.25) is 11.3 Å². The number of benzene rings is 2.